The third-order valence-corrected chi connectivity index (χ3v) is 7.84. The van der Waals surface area contributed by atoms with Crippen molar-refractivity contribution in [2.24, 2.45) is 0 Å². The summed E-state index contributed by atoms with van der Waals surface area (Å²) >= 11 is 0.918. The summed E-state index contributed by atoms with van der Waals surface area (Å²) in [5.41, 5.74) is 1.83. The fourth-order valence-corrected chi connectivity index (χ4v) is 5.88. The van der Waals surface area contributed by atoms with Gasteiger partial charge in [0.25, 0.3) is 5.78 Å². The van der Waals surface area contributed by atoms with Gasteiger partial charge in [-0.15, -0.1) is 0 Å². The van der Waals surface area contributed by atoms with E-state index in [2.05, 4.69) is 4.98 Å². The van der Waals surface area contributed by atoms with Gasteiger partial charge in [-0.05, 0) is 55.8 Å². The molecule has 2 aliphatic rings. The molecule has 202 valence electrons. The van der Waals surface area contributed by atoms with E-state index >= 15 is 0 Å². The number of amides is 1. The molecule has 2 unspecified atom stereocenters. The summed E-state index contributed by atoms with van der Waals surface area (Å²) < 4.78 is 21.6. The van der Waals surface area contributed by atoms with Gasteiger partial charge in [0.2, 0.25) is 0 Å². The zero-order chi connectivity index (χ0) is 28.0. The van der Waals surface area contributed by atoms with Crippen LogP contribution >= 0.6 is 11.3 Å². The number of aliphatic hydroxyl groups is 1. The number of esters is 1. The summed E-state index contributed by atoms with van der Waals surface area (Å²) in [6.45, 7) is 3.55. The topological polar surface area (TPSA) is 124 Å². The molecule has 1 amide bonds. The summed E-state index contributed by atoms with van der Waals surface area (Å²) in [5.74, 6) is -1.26. The highest BCUT2D eigenvalue weighted by atomic mass is 32.1. The van der Waals surface area contributed by atoms with Crippen molar-refractivity contribution >= 4 is 39.9 Å². The van der Waals surface area contributed by atoms with Crippen LogP contribution in [0, 0.1) is 6.92 Å². The van der Waals surface area contributed by atoms with Crippen molar-refractivity contribution in [1.82, 2.24) is 4.98 Å². The molecule has 2 aliphatic heterocycles. The summed E-state index contributed by atoms with van der Waals surface area (Å²) in [6.07, 6.45) is 0.633. The standard InChI is InChI=1S/C28H26N2O8S/c1-13-10-16-11-15(6-8-19(16)38-13)23(31)21-22(18-12-17(35-3)7-9-20(18)36-4)30(26(33)24(21)32)28-29-14(2)25(39-28)27(34)37-5/h6-9,11-13,22,31H,10H2,1-5H3/b23-21+. The second kappa shape index (κ2) is 10.1. The van der Waals surface area contributed by atoms with Gasteiger partial charge in [0, 0.05) is 17.5 Å². The lowest BCUT2D eigenvalue weighted by Crippen LogP contribution is -2.29. The quantitative estimate of drug-likeness (QED) is 0.208. The van der Waals surface area contributed by atoms with Crippen molar-refractivity contribution in [3.05, 3.63) is 69.2 Å². The number of anilines is 1. The largest absolute Gasteiger partial charge is 0.507 e. The number of thiazole rings is 1. The first-order valence-electron chi connectivity index (χ1n) is 12.1. The van der Waals surface area contributed by atoms with Gasteiger partial charge in [0.1, 0.15) is 40.0 Å². The first-order chi connectivity index (χ1) is 18.7. The van der Waals surface area contributed by atoms with Gasteiger partial charge in [-0.1, -0.05) is 11.3 Å². The van der Waals surface area contributed by atoms with Crippen LogP contribution in [0.3, 0.4) is 0 Å². The van der Waals surface area contributed by atoms with Gasteiger partial charge in [0.15, 0.2) is 5.13 Å². The van der Waals surface area contributed by atoms with Crippen molar-refractivity contribution in [3.8, 4) is 17.2 Å². The number of hydrogen-bond acceptors (Lipinski definition) is 10. The Hall–Kier alpha value is -4.38. The molecule has 1 aromatic heterocycles. The lowest BCUT2D eigenvalue weighted by Gasteiger charge is -2.25. The van der Waals surface area contributed by atoms with Gasteiger partial charge >= 0.3 is 11.9 Å². The third-order valence-electron chi connectivity index (χ3n) is 6.71. The highest BCUT2D eigenvalue weighted by Gasteiger charge is 2.49. The zero-order valence-electron chi connectivity index (χ0n) is 21.9. The lowest BCUT2D eigenvalue weighted by atomic mass is 9.93. The monoisotopic (exact) mass is 550 g/mol. The summed E-state index contributed by atoms with van der Waals surface area (Å²) in [4.78, 5) is 45.2. The van der Waals surface area contributed by atoms with Crippen LogP contribution in [0.1, 0.15) is 45.0 Å². The van der Waals surface area contributed by atoms with Gasteiger partial charge in [-0.25, -0.2) is 9.78 Å². The van der Waals surface area contributed by atoms with Gasteiger partial charge in [0.05, 0.1) is 32.6 Å². The number of aryl methyl sites for hydroxylation is 1. The molecule has 1 fully saturated rings. The smallest absolute Gasteiger partial charge is 0.350 e. The molecule has 3 heterocycles. The van der Waals surface area contributed by atoms with Crippen LogP contribution < -0.4 is 19.1 Å². The molecule has 0 spiro atoms. The first-order valence-corrected chi connectivity index (χ1v) is 12.9. The number of ether oxygens (including phenoxy) is 4. The number of Topliss-reactive ketones (excluding diaryl/α,β-unsaturated/α-hetero) is 1. The summed E-state index contributed by atoms with van der Waals surface area (Å²) in [5, 5.41) is 11.7. The molecule has 0 radical (unpaired) electrons. The maximum Gasteiger partial charge on any atom is 0.350 e. The van der Waals surface area contributed by atoms with Gasteiger partial charge in [-0.2, -0.15) is 0 Å². The molecule has 3 aromatic rings. The Labute approximate surface area is 228 Å². The Balaban J connectivity index is 1.74. The molecule has 1 saturated heterocycles. The van der Waals surface area contributed by atoms with Gasteiger partial charge < -0.3 is 24.1 Å². The number of nitrogens with zero attached hydrogens (tertiary/aromatic N) is 2. The highest BCUT2D eigenvalue weighted by molar-refractivity contribution is 7.17. The van der Waals surface area contributed by atoms with E-state index in [0.29, 0.717) is 40.5 Å². The molecular formula is C28H26N2O8S. The molecular weight excluding hydrogens is 524 g/mol. The molecule has 2 aromatic carbocycles. The van der Waals surface area contributed by atoms with E-state index in [1.807, 2.05) is 6.92 Å². The molecule has 0 bridgehead atoms. The molecule has 2 atom stereocenters. The maximum absolute atomic E-state index is 13.6. The van der Waals surface area contributed by atoms with Crippen LogP contribution in [0.2, 0.25) is 0 Å². The van der Waals surface area contributed by atoms with Gasteiger partial charge in [-0.3, -0.25) is 14.5 Å². The second-order valence-corrected chi connectivity index (χ2v) is 10.1. The van der Waals surface area contributed by atoms with Crippen LogP contribution in [-0.4, -0.2) is 55.2 Å². The number of fused-ring (bicyclic) bond motifs is 1. The predicted molar refractivity (Wildman–Crippen MR) is 143 cm³/mol. The second-order valence-electron chi connectivity index (χ2n) is 9.13. The van der Waals surface area contributed by atoms with E-state index in [0.717, 1.165) is 16.9 Å². The number of aromatic nitrogens is 1. The average molecular weight is 551 g/mol. The molecule has 1 N–H and O–H groups in total. The summed E-state index contributed by atoms with van der Waals surface area (Å²) in [7, 11) is 4.20. The molecule has 0 aliphatic carbocycles. The Bertz CT molecular complexity index is 1540. The zero-order valence-corrected chi connectivity index (χ0v) is 22.8. The van der Waals surface area contributed by atoms with Crippen molar-refractivity contribution in [3.63, 3.8) is 0 Å². The minimum atomic E-state index is -1.13. The Morgan fingerprint density at radius 3 is 2.59 bits per heavy atom. The van der Waals surface area contributed by atoms with Crippen molar-refractivity contribution in [1.29, 1.82) is 0 Å². The number of methoxy groups -OCH3 is 3. The molecule has 11 heteroatoms. The fraction of sp³-hybridized carbons (Fsp3) is 0.286. The van der Waals surface area contributed by atoms with Crippen molar-refractivity contribution in [2.45, 2.75) is 32.4 Å². The van der Waals surface area contributed by atoms with E-state index in [1.165, 1.54) is 26.2 Å². The predicted octanol–water partition coefficient (Wildman–Crippen LogP) is 4.21. The van der Waals surface area contributed by atoms with E-state index in [4.69, 9.17) is 18.9 Å². The maximum atomic E-state index is 13.6. The number of carbonyl (C=O) groups is 3. The average Bonchev–Trinajstić information content (AvgIpc) is 3.58. The van der Waals surface area contributed by atoms with E-state index in [1.54, 1.807) is 43.3 Å². The Kier molecular flexibility index (Phi) is 6.77. The molecule has 5 rings (SSSR count). The Morgan fingerprint density at radius 2 is 1.90 bits per heavy atom. The number of aliphatic hydroxyl groups excluding tert-OH is 1. The molecule has 39 heavy (non-hydrogen) atoms. The molecule has 0 saturated carbocycles. The number of rotatable bonds is 6. The lowest BCUT2D eigenvalue weighted by molar-refractivity contribution is -0.132. The van der Waals surface area contributed by atoms with Crippen LogP contribution in [0.25, 0.3) is 5.76 Å². The Morgan fingerprint density at radius 1 is 1.13 bits per heavy atom. The number of benzene rings is 2. The number of hydrogen-bond donors (Lipinski definition) is 1. The minimum Gasteiger partial charge on any atom is -0.507 e. The van der Waals surface area contributed by atoms with Crippen LogP contribution in [-0.2, 0) is 20.7 Å². The van der Waals surface area contributed by atoms with Crippen LogP contribution in [0.4, 0.5) is 5.13 Å². The van der Waals surface area contributed by atoms with Crippen LogP contribution in [0.5, 0.6) is 17.2 Å². The molecule has 10 nitrogen and oxygen atoms in total. The highest BCUT2D eigenvalue weighted by Crippen LogP contribution is 2.47. The first kappa shape index (κ1) is 26.2. The van der Waals surface area contributed by atoms with Crippen LogP contribution in [0.15, 0.2) is 42.0 Å². The fourth-order valence-electron chi connectivity index (χ4n) is 4.87. The number of ketones is 1. The summed E-state index contributed by atoms with van der Waals surface area (Å²) in [6, 6.07) is 8.96. The SMILES string of the molecule is COC(=O)c1sc(N2C(=O)C(=O)/C(=C(/O)c3ccc4c(c3)CC(C)O4)C2c2cc(OC)ccc2OC)nc1C. The minimum absolute atomic E-state index is 0.0128. The van der Waals surface area contributed by atoms with Crippen molar-refractivity contribution in [2.75, 3.05) is 26.2 Å². The third kappa shape index (κ3) is 4.38. The van der Waals surface area contributed by atoms with E-state index < -0.39 is 23.7 Å². The number of carbonyl (C=O) groups excluding carboxylic acids is 3. The van der Waals surface area contributed by atoms with E-state index in [-0.39, 0.29) is 27.4 Å². The normalized spacial score (nSPS) is 19.6. The van der Waals surface area contributed by atoms with Crippen molar-refractivity contribution < 1.29 is 38.4 Å². The van der Waals surface area contributed by atoms with E-state index in [9.17, 15) is 19.5 Å².